The van der Waals surface area contributed by atoms with Crippen molar-refractivity contribution in [2.75, 3.05) is 0 Å². The first-order valence-electron chi connectivity index (χ1n) is 6.78. The van der Waals surface area contributed by atoms with Crippen molar-refractivity contribution >= 4 is 32.3 Å². The van der Waals surface area contributed by atoms with Crippen molar-refractivity contribution < 1.29 is 13.2 Å². The van der Waals surface area contributed by atoms with Crippen LogP contribution < -0.4 is 5.43 Å². The number of hydrogen-bond acceptors (Lipinski definition) is 3. The van der Waals surface area contributed by atoms with E-state index in [-0.39, 0.29) is 16.0 Å². The number of para-hydroxylation sites is 1. The highest BCUT2D eigenvalue weighted by Crippen LogP contribution is 2.42. The van der Waals surface area contributed by atoms with Crippen LogP contribution in [-0.2, 0) is 6.18 Å². The monoisotopic (exact) mass is 331 g/mol. The fourth-order valence-corrected chi connectivity index (χ4v) is 3.85. The maximum atomic E-state index is 13.5. The van der Waals surface area contributed by atoms with Gasteiger partial charge < -0.3 is 0 Å². The van der Waals surface area contributed by atoms with Gasteiger partial charge in [0.25, 0.3) is 0 Å². The first kappa shape index (κ1) is 14.1. The van der Waals surface area contributed by atoms with E-state index in [0.717, 1.165) is 11.3 Å². The van der Waals surface area contributed by atoms with E-state index >= 15 is 0 Å². The third-order valence-corrected chi connectivity index (χ3v) is 4.86. The summed E-state index contributed by atoms with van der Waals surface area (Å²) in [5, 5.41) is 0.491. The molecule has 2 aromatic carbocycles. The maximum Gasteiger partial charge on any atom is 0.421 e. The van der Waals surface area contributed by atoms with E-state index < -0.39 is 17.2 Å². The summed E-state index contributed by atoms with van der Waals surface area (Å²) < 4.78 is 41.1. The van der Waals surface area contributed by atoms with Crippen LogP contribution in [0.2, 0.25) is 0 Å². The van der Waals surface area contributed by atoms with Crippen molar-refractivity contribution in [1.29, 1.82) is 0 Å². The van der Waals surface area contributed by atoms with E-state index in [1.165, 1.54) is 6.07 Å². The molecule has 114 valence electrons. The summed E-state index contributed by atoms with van der Waals surface area (Å²) >= 11 is 0.951. The Balaban J connectivity index is 2.33. The van der Waals surface area contributed by atoms with E-state index in [0.29, 0.717) is 15.6 Å². The number of nitrogens with zero attached hydrogens (tertiary/aromatic N) is 1. The smallest absolute Gasteiger partial charge is 0.289 e. The summed E-state index contributed by atoms with van der Waals surface area (Å²) in [6, 6.07) is 13.3. The van der Waals surface area contributed by atoms with Crippen LogP contribution in [0.5, 0.6) is 0 Å². The van der Waals surface area contributed by atoms with Gasteiger partial charge in [-0.25, -0.2) is 4.98 Å². The van der Waals surface area contributed by atoms with Gasteiger partial charge in [-0.05, 0) is 12.1 Å². The van der Waals surface area contributed by atoms with Crippen molar-refractivity contribution in [3.8, 4) is 10.6 Å². The lowest BCUT2D eigenvalue weighted by Gasteiger charge is -2.16. The second-order valence-electron chi connectivity index (χ2n) is 5.11. The van der Waals surface area contributed by atoms with Crippen LogP contribution in [0.3, 0.4) is 0 Å². The number of halogens is 3. The average molecular weight is 331 g/mol. The fourth-order valence-electron chi connectivity index (χ4n) is 2.70. The molecular weight excluding hydrogens is 323 g/mol. The van der Waals surface area contributed by atoms with Gasteiger partial charge in [0.1, 0.15) is 5.56 Å². The molecule has 0 unspecified atom stereocenters. The number of alkyl halides is 3. The summed E-state index contributed by atoms with van der Waals surface area (Å²) in [6.45, 7) is 0. The molecule has 23 heavy (non-hydrogen) atoms. The lowest BCUT2D eigenvalue weighted by molar-refractivity contribution is -0.137. The van der Waals surface area contributed by atoms with Crippen LogP contribution in [0.15, 0.2) is 53.3 Å². The number of aromatic nitrogens is 1. The zero-order valence-corrected chi connectivity index (χ0v) is 12.3. The molecule has 4 rings (SSSR count). The van der Waals surface area contributed by atoms with Crippen molar-refractivity contribution in [3.63, 3.8) is 0 Å². The van der Waals surface area contributed by atoms with Crippen LogP contribution in [-0.4, -0.2) is 4.98 Å². The summed E-state index contributed by atoms with van der Waals surface area (Å²) in [6.07, 6.45) is -4.72. The molecule has 1 aliphatic heterocycles. The van der Waals surface area contributed by atoms with Gasteiger partial charge in [0.05, 0.1) is 20.8 Å². The molecular formula is C17H8F3NOS. The van der Waals surface area contributed by atoms with E-state index in [1.807, 2.05) is 0 Å². The molecule has 0 bridgehead atoms. The quantitative estimate of drug-likeness (QED) is 0.338. The predicted octanol–water partition coefficient (Wildman–Crippen LogP) is 4.93. The van der Waals surface area contributed by atoms with Crippen LogP contribution >= 0.6 is 11.3 Å². The molecule has 0 fully saturated rings. The number of rotatable bonds is 0. The minimum absolute atomic E-state index is 0.0438. The van der Waals surface area contributed by atoms with Crippen molar-refractivity contribution in [1.82, 2.24) is 4.98 Å². The third kappa shape index (κ3) is 2.09. The predicted molar refractivity (Wildman–Crippen MR) is 85.0 cm³/mol. The highest BCUT2D eigenvalue weighted by molar-refractivity contribution is 7.21. The molecule has 0 N–H and O–H groups in total. The molecule has 1 aliphatic carbocycles. The molecule has 2 aliphatic rings. The normalized spacial score (nSPS) is 12.3. The Bertz CT molecular complexity index is 1080. The van der Waals surface area contributed by atoms with Crippen LogP contribution in [0.25, 0.3) is 31.6 Å². The summed E-state index contributed by atoms with van der Waals surface area (Å²) in [5.74, 6) is 0. The largest absolute Gasteiger partial charge is 0.421 e. The maximum absolute atomic E-state index is 13.5. The molecule has 6 heteroatoms. The highest BCUT2D eigenvalue weighted by Gasteiger charge is 2.39. The van der Waals surface area contributed by atoms with Gasteiger partial charge in [-0.2, -0.15) is 13.2 Å². The molecule has 2 nitrogen and oxygen atoms in total. The van der Waals surface area contributed by atoms with Crippen LogP contribution in [0, 0.1) is 0 Å². The van der Waals surface area contributed by atoms with E-state index in [4.69, 9.17) is 0 Å². The second kappa shape index (κ2) is 4.76. The first-order chi connectivity index (χ1) is 11.0. The molecule has 0 spiro atoms. The lowest BCUT2D eigenvalue weighted by atomic mass is 10.0. The average Bonchev–Trinajstić information content (AvgIpc) is 2.52. The molecule has 0 saturated carbocycles. The van der Waals surface area contributed by atoms with Gasteiger partial charge in [-0.15, -0.1) is 11.3 Å². The molecule has 0 aromatic heterocycles. The third-order valence-electron chi connectivity index (χ3n) is 3.69. The second-order valence-corrected chi connectivity index (χ2v) is 6.16. The number of hydrogen-bond donors (Lipinski definition) is 0. The topological polar surface area (TPSA) is 30.0 Å². The van der Waals surface area contributed by atoms with E-state index in [9.17, 15) is 18.0 Å². The van der Waals surface area contributed by atoms with Gasteiger partial charge in [0.15, 0.2) is 5.43 Å². The van der Waals surface area contributed by atoms with E-state index in [1.54, 1.807) is 42.5 Å². The van der Waals surface area contributed by atoms with Crippen LogP contribution in [0.4, 0.5) is 13.2 Å². The number of benzene rings is 3. The standard InChI is InChI=1S/C17H8F3NOS/c18-17(19,20)13-15(22)10-6-2-1-5-9(10)14-16(13)23-12-8-4-3-7-11(12)21-14/h1-8H. The Hall–Kier alpha value is -2.47. The SMILES string of the molecule is O=c1c(C(F)(F)F)c2sc3ccccc3nc-2c2ccccc12. The fraction of sp³-hybridized carbons (Fsp3) is 0.0588. The van der Waals surface area contributed by atoms with E-state index in [2.05, 4.69) is 4.98 Å². The molecule has 0 radical (unpaired) electrons. The Morgan fingerprint density at radius 1 is 0.913 bits per heavy atom. The first-order valence-corrected chi connectivity index (χ1v) is 7.60. The van der Waals surface area contributed by atoms with Gasteiger partial charge in [0, 0.05) is 10.8 Å². The van der Waals surface area contributed by atoms with Crippen molar-refractivity contribution in [3.05, 3.63) is 64.3 Å². The zero-order valence-electron chi connectivity index (χ0n) is 11.5. The number of fused-ring (bicyclic) bond motifs is 4. The summed E-state index contributed by atoms with van der Waals surface area (Å²) in [5.41, 5.74) is -1.29. The molecule has 0 saturated heterocycles. The van der Waals surface area contributed by atoms with Crippen molar-refractivity contribution in [2.45, 2.75) is 6.18 Å². The minimum Gasteiger partial charge on any atom is -0.289 e. The Labute approximate surface area is 132 Å². The molecule has 1 heterocycles. The molecule has 2 aromatic rings. The molecule has 0 atom stereocenters. The van der Waals surface area contributed by atoms with Gasteiger partial charge in [0.2, 0.25) is 0 Å². The summed E-state index contributed by atoms with van der Waals surface area (Å²) in [4.78, 5) is 16.7. The Kier molecular flexibility index (Phi) is 2.93. The minimum atomic E-state index is -4.72. The summed E-state index contributed by atoms with van der Waals surface area (Å²) in [7, 11) is 0. The van der Waals surface area contributed by atoms with Crippen molar-refractivity contribution in [2.24, 2.45) is 0 Å². The lowest BCUT2D eigenvalue weighted by Crippen LogP contribution is -2.21. The van der Waals surface area contributed by atoms with Gasteiger partial charge in [-0.3, -0.25) is 4.79 Å². The van der Waals surface area contributed by atoms with Gasteiger partial charge >= 0.3 is 6.18 Å². The zero-order chi connectivity index (χ0) is 16.2. The van der Waals surface area contributed by atoms with Crippen LogP contribution in [0.1, 0.15) is 5.56 Å². The Morgan fingerprint density at radius 3 is 2.30 bits per heavy atom. The molecule has 0 amide bonds. The van der Waals surface area contributed by atoms with Gasteiger partial charge in [-0.1, -0.05) is 36.4 Å². The highest BCUT2D eigenvalue weighted by atomic mass is 32.1. The Morgan fingerprint density at radius 2 is 1.57 bits per heavy atom.